The minimum Gasteiger partial charge on any atom is -0.309 e. The van der Waals surface area contributed by atoms with Crippen LogP contribution in [0, 0.1) is 0 Å². The molecule has 9 aromatic carbocycles. The van der Waals surface area contributed by atoms with Gasteiger partial charge in [-0.3, -0.25) is 4.57 Å². The monoisotopic (exact) mass is 844 g/mol. The molecule has 0 spiro atoms. The first-order valence-electron chi connectivity index (χ1n) is 31.5. The van der Waals surface area contributed by atoms with Crippen LogP contribution in [0.2, 0.25) is 0 Å². The summed E-state index contributed by atoms with van der Waals surface area (Å²) in [6, 6.07) is 8.37. The van der Waals surface area contributed by atoms with Gasteiger partial charge in [-0.25, -0.2) is 9.97 Å². The minimum atomic E-state index is -4.27. The SMILES string of the molecule is [2H]c1c([2H])c([2H])c(-c2cc(-c3c([2H])c([Si](c4ccccc4)(c4ccccc4)c4ccccc4)c([2H])c([2H])c3-n3c4c([2H])c([2H])c([2H])c([2H])c4c4c([2H])c([2H])c([2H])c([2H])c43)nc(-n3c4c([2H])c([2H])c([2H])c([2H])c4c4c([2H])c([2H])c([2H])c([2H])c43)n2)c([2H])c1[2H]. The fourth-order valence-corrected chi connectivity index (χ4v) is 12.9. The molecule has 0 amide bonds. The number of para-hydroxylation sites is 4. The predicted octanol–water partition coefficient (Wildman–Crippen LogP) is 11.4. The molecule has 0 unspecified atom stereocenters. The van der Waals surface area contributed by atoms with E-state index in [1.165, 1.54) is 0 Å². The summed E-state index contributed by atoms with van der Waals surface area (Å²) in [5.74, 6) is -0.776. The highest BCUT2D eigenvalue weighted by Gasteiger charge is 2.42. The van der Waals surface area contributed by atoms with Crippen molar-refractivity contribution >= 4 is 72.4 Å². The van der Waals surface area contributed by atoms with Crippen molar-refractivity contribution in [1.82, 2.24) is 19.1 Å². The molecule has 63 heavy (non-hydrogen) atoms. The number of aromatic nitrogens is 4. The van der Waals surface area contributed by atoms with Gasteiger partial charge in [0, 0.05) is 32.7 Å². The van der Waals surface area contributed by atoms with E-state index < -0.39 is 231 Å². The van der Waals surface area contributed by atoms with Gasteiger partial charge in [-0.15, -0.1) is 0 Å². The van der Waals surface area contributed by atoms with Crippen LogP contribution in [0.1, 0.15) is 32.9 Å². The first-order chi connectivity index (χ1) is 41.2. The van der Waals surface area contributed by atoms with E-state index in [1.54, 1.807) is 91.0 Å². The van der Waals surface area contributed by atoms with Crippen molar-refractivity contribution in [2.24, 2.45) is 0 Å². The van der Waals surface area contributed by atoms with Gasteiger partial charge in [0.15, 0.2) is 8.07 Å². The zero-order valence-electron chi connectivity index (χ0n) is 56.5. The minimum absolute atomic E-state index is 0.121. The van der Waals surface area contributed by atoms with Crippen LogP contribution < -0.4 is 20.7 Å². The molecule has 296 valence electrons. The molecule has 3 heterocycles. The number of rotatable bonds is 8. The number of hydrogen-bond donors (Lipinski definition) is 0. The highest BCUT2D eigenvalue weighted by atomic mass is 28.3. The Balaban J connectivity index is 1.42. The smallest absolute Gasteiger partial charge is 0.235 e. The summed E-state index contributed by atoms with van der Waals surface area (Å²) in [4.78, 5) is 9.77. The lowest BCUT2D eigenvalue weighted by Gasteiger charge is -2.35. The molecule has 12 aromatic rings. The number of benzene rings is 9. The van der Waals surface area contributed by atoms with Gasteiger partial charge in [0.05, 0.1) is 72.0 Å². The maximum absolute atomic E-state index is 11.1. The average Bonchev–Trinajstić information content (AvgIpc) is 1.68. The molecule has 0 aliphatic heterocycles. The van der Waals surface area contributed by atoms with Crippen LogP contribution in [0.25, 0.3) is 77.8 Å². The number of hydrogen-bond acceptors (Lipinski definition) is 2. The van der Waals surface area contributed by atoms with E-state index in [0.717, 1.165) is 15.2 Å². The third kappa shape index (κ3) is 5.89. The summed E-state index contributed by atoms with van der Waals surface area (Å²) in [7, 11) is -4.27. The summed E-state index contributed by atoms with van der Waals surface area (Å²) in [6.07, 6.45) is 0. The number of nitrogens with zero attached hydrogens (tertiary/aromatic N) is 4. The van der Waals surface area contributed by atoms with Crippen molar-refractivity contribution in [3.63, 3.8) is 0 Å². The van der Waals surface area contributed by atoms with Crippen molar-refractivity contribution in [2.45, 2.75) is 0 Å². The summed E-state index contributed by atoms with van der Waals surface area (Å²) >= 11 is 0. The highest BCUT2D eigenvalue weighted by molar-refractivity contribution is 7.19. The van der Waals surface area contributed by atoms with Crippen LogP contribution in [0.15, 0.2) is 242 Å². The zero-order valence-corrected chi connectivity index (χ0v) is 33.5. The Morgan fingerprint density at radius 3 is 1.27 bits per heavy atom. The van der Waals surface area contributed by atoms with Crippen molar-refractivity contribution in [3.8, 4) is 34.2 Å². The van der Waals surface area contributed by atoms with Gasteiger partial charge in [0.2, 0.25) is 5.95 Å². The van der Waals surface area contributed by atoms with E-state index in [0.29, 0.717) is 15.6 Å². The normalized spacial score (nSPS) is 17.1. The van der Waals surface area contributed by atoms with Gasteiger partial charge < -0.3 is 4.57 Å². The summed E-state index contributed by atoms with van der Waals surface area (Å²) in [5, 5.41) is -0.185. The molecule has 0 atom stereocenters. The Morgan fingerprint density at radius 2 is 0.794 bits per heavy atom. The molecule has 0 saturated carbocycles. The third-order valence-corrected chi connectivity index (χ3v) is 15.6. The molecule has 0 aliphatic rings. The molecular weight excluding hydrogens is 781 g/mol. The predicted molar refractivity (Wildman–Crippen MR) is 265 cm³/mol. The lowest BCUT2D eigenvalue weighted by Crippen LogP contribution is -2.74. The van der Waals surface area contributed by atoms with Crippen molar-refractivity contribution < 1.29 is 32.9 Å². The van der Waals surface area contributed by atoms with Crippen LogP contribution in [-0.4, -0.2) is 27.2 Å². The van der Waals surface area contributed by atoms with Crippen molar-refractivity contribution in [3.05, 3.63) is 242 Å². The third-order valence-electron chi connectivity index (χ3n) is 11.0. The van der Waals surface area contributed by atoms with Crippen LogP contribution in [0.3, 0.4) is 0 Å². The quantitative estimate of drug-likeness (QED) is 0.113. The first kappa shape index (κ1) is 19.7. The summed E-state index contributed by atoms with van der Waals surface area (Å²) in [5.41, 5.74) is -5.17. The van der Waals surface area contributed by atoms with Gasteiger partial charge in [0.1, 0.15) is 0 Å². The second-order valence-corrected chi connectivity index (χ2v) is 18.1. The Morgan fingerprint density at radius 1 is 0.381 bits per heavy atom. The molecule has 0 saturated heterocycles. The Hall–Kier alpha value is -8.12. The fourth-order valence-electron chi connectivity index (χ4n) is 8.37. The first-order valence-corrected chi connectivity index (χ1v) is 21.5. The van der Waals surface area contributed by atoms with Gasteiger partial charge in [-0.05, 0) is 57.0 Å². The molecule has 0 aliphatic carbocycles. The maximum atomic E-state index is 11.1. The topological polar surface area (TPSA) is 35.6 Å². The van der Waals surface area contributed by atoms with Gasteiger partial charge in [0.25, 0.3) is 0 Å². The Labute approximate surface area is 400 Å². The van der Waals surface area contributed by atoms with Crippen molar-refractivity contribution in [2.75, 3.05) is 0 Å². The van der Waals surface area contributed by atoms with Gasteiger partial charge in [-0.1, -0.05) is 206 Å². The fraction of sp³-hybridized carbons (Fsp3) is 0. The molecule has 0 fully saturated rings. The Bertz CT molecular complexity index is 4760. The molecule has 4 nitrogen and oxygen atoms in total. The van der Waals surface area contributed by atoms with E-state index in [1.807, 2.05) is 0 Å². The Kier molecular flexibility index (Phi) is 4.73. The number of fused-ring (bicyclic) bond motifs is 6. The van der Waals surface area contributed by atoms with E-state index in [4.69, 9.17) is 25.0 Å². The largest absolute Gasteiger partial charge is 0.309 e. The lowest BCUT2D eigenvalue weighted by molar-refractivity contribution is 0.994. The van der Waals surface area contributed by atoms with E-state index in [-0.39, 0.29) is 5.19 Å². The van der Waals surface area contributed by atoms with Gasteiger partial charge in [-0.2, -0.15) is 0 Å². The lowest BCUT2D eigenvalue weighted by atomic mass is 10.1. The van der Waals surface area contributed by atoms with E-state index in [9.17, 15) is 17.8 Å². The molecule has 0 bridgehead atoms. The maximum Gasteiger partial charge on any atom is 0.235 e. The zero-order chi connectivity index (χ0) is 62.6. The molecule has 12 rings (SSSR count). The summed E-state index contributed by atoms with van der Waals surface area (Å²) < 4.78 is 225. The van der Waals surface area contributed by atoms with E-state index >= 15 is 0 Å². The molecule has 0 N–H and O–H groups in total. The second kappa shape index (κ2) is 15.1. The molecular formula is C58H40N4Si. The van der Waals surface area contributed by atoms with Crippen molar-refractivity contribution in [1.29, 1.82) is 0 Å². The van der Waals surface area contributed by atoms with Crippen LogP contribution in [-0.2, 0) is 0 Å². The standard InChI is InChI=1S/C58H40N4Si/c1-5-21-41(22-6-1)51-40-52(60-58(59-51)62-55-35-19-15-31-48(55)49-32-16-20-36-56(49)62)50-39-45(37-38-57(50)61-53-33-17-13-29-46(53)47-30-14-18-34-54(47)61)63(42-23-7-2-8-24-42,43-25-9-3-10-26-43)44-27-11-4-12-28-44/h1-40H/i1D,5D,6D,13D,14D,15D,16D,17D,18D,19D,20D,21D,22D,29D,30D,31D,32D,33D,34D,35D,36D,37D,38D,39D. The van der Waals surface area contributed by atoms with E-state index in [2.05, 4.69) is 0 Å². The molecule has 0 radical (unpaired) electrons. The average molecular weight is 845 g/mol. The molecule has 5 heteroatoms. The highest BCUT2D eigenvalue weighted by Crippen LogP contribution is 2.38. The molecule has 3 aromatic heterocycles. The van der Waals surface area contributed by atoms with Crippen LogP contribution in [0.4, 0.5) is 0 Å². The van der Waals surface area contributed by atoms with Crippen LogP contribution >= 0.6 is 0 Å². The van der Waals surface area contributed by atoms with Crippen LogP contribution in [0.5, 0.6) is 0 Å². The van der Waals surface area contributed by atoms with Gasteiger partial charge >= 0.3 is 0 Å². The second-order valence-electron chi connectivity index (χ2n) is 14.3. The summed E-state index contributed by atoms with van der Waals surface area (Å²) in [6.45, 7) is 0.